The summed E-state index contributed by atoms with van der Waals surface area (Å²) in [5.41, 5.74) is -0.413. The van der Waals surface area contributed by atoms with Gasteiger partial charge in [0.2, 0.25) is 0 Å². The molecule has 0 aliphatic heterocycles. The Balaban J connectivity index is 2.70. The predicted octanol–water partition coefficient (Wildman–Crippen LogP) is 3.73. The van der Waals surface area contributed by atoms with E-state index in [-0.39, 0.29) is 5.69 Å². The number of benzene rings is 1. The molecule has 2 rings (SSSR count). The summed E-state index contributed by atoms with van der Waals surface area (Å²) in [7, 11) is 0. The van der Waals surface area contributed by atoms with Crippen LogP contribution in [0.25, 0.3) is 5.69 Å². The molecule has 0 amide bonds. The molecule has 3 nitrogen and oxygen atoms in total. The van der Waals surface area contributed by atoms with Gasteiger partial charge in [0.15, 0.2) is 4.77 Å². The molecule has 0 aliphatic rings. The van der Waals surface area contributed by atoms with Crippen molar-refractivity contribution in [1.29, 1.82) is 5.26 Å². The van der Waals surface area contributed by atoms with Crippen molar-refractivity contribution in [2.45, 2.75) is 13.1 Å². The van der Waals surface area contributed by atoms with E-state index < -0.39 is 17.3 Å². The van der Waals surface area contributed by atoms with Crippen molar-refractivity contribution in [3.05, 3.63) is 46.0 Å². The van der Waals surface area contributed by atoms with Crippen LogP contribution in [-0.2, 0) is 6.18 Å². The Morgan fingerprint density at radius 2 is 2.05 bits per heavy atom. The monoisotopic (exact) mass is 283 g/mol. The number of hydrogen-bond donors (Lipinski definition) is 1. The molecule has 2 aromatic rings. The molecule has 0 aliphatic carbocycles. The third-order valence-electron chi connectivity index (χ3n) is 2.65. The van der Waals surface area contributed by atoms with Gasteiger partial charge in [0.1, 0.15) is 0 Å². The molecule has 19 heavy (non-hydrogen) atoms. The van der Waals surface area contributed by atoms with E-state index in [1.54, 1.807) is 19.2 Å². The zero-order chi connectivity index (χ0) is 14.2. The molecule has 0 bridgehead atoms. The van der Waals surface area contributed by atoms with Crippen LogP contribution in [0.4, 0.5) is 13.2 Å². The number of halogens is 3. The van der Waals surface area contributed by atoms with Crippen molar-refractivity contribution in [3.63, 3.8) is 0 Å². The highest BCUT2D eigenvalue weighted by Gasteiger charge is 2.34. The fourth-order valence-corrected chi connectivity index (χ4v) is 2.09. The highest BCUT2D eigenvalue weighted by atomic mass is 32.1. The number of aromatic nitrogens is 2. The van der Waals surface area contributed by atoms with Gasteiger partial charge in [-0.3, -0.25) is 4.57 Å². The molecule has 0 saturated carbocycles. The SMILES string of the molecule is Cc1c[nH]c(=S)n1-c1ccc(C#N)c(C(F)(F)F)c1. The Labute approximate surface area is 111 Å². The normalized spacial score (nSPS) is 11.3. The molecule has 0 unspecified atom stereocenters. The van der Waals surface area contributed by atoms with Gasteiger partial charge in [-0.25, -0.2) is 0 Å². The summed E-state index contributed by atoms with van der Waals surface area (Å²) >= 11 is 5.01. The molecule has 0 radical (unpaired) electrons. The van der Waals surface area contributed by atoms with Crippen LogP contribution in [0.3, 0.4) is 0 Å². The third-order valence-corrected chi connectivity index (χ3v) is 2.95. The van der Waals surface area contributed by atoms with Crippen molar-refractivity contribution in [2.24, 2.45) is 0 Å². The van der Waals surface area contributed by atoms with Crippen molar-refractivity contribution < 1.29 is 13.2 Å². The van der Waals surface area contributed by atoms with Crippen LogP contribution < -0.4 is 0 Å². The highest BCUT2D eigenvalue weighted by molar-refractivity contribution is 7.71. The fourth-order valence-electron chi connectivity index (χ4n) is 1.78. The molecule has 0 saturated heterocycles. The summed E-state index contributed by atoms with van der Waals surface area (Å²) in [6.45, 7) is 1.72. The summed E-state index contributed by atoms with van der Waals surface area (Å²) < 4.78 is 40.4. The van der Waals surface area contributed by atoms with Crippen LogP contribution >= 0.6 is 12.2 Å². The van der Waals surface area contributed by atoms with E-state index in [2.05, 4.69) is 4.98 Å². The molecular formula is C12H8F3N3S. The maximum atomic E-state index is 12.9. The lowest BCUT2D eigenvalue weighted by atomic mass is 10.1. The van der Waals surface area contributed by atoms with Crippen LogP contribution in [0.15, 0.2) is 24.4 Å². The second-order valence-corrected chi connectivity index (χ2v) is 4.30. The second-order valence-electron chi connectivity index (χ2n) is 3.91. The number of nitriles is 1. The van der Waals surface area contributed by atoms with Gasteiger partial charge in [-0.2, -0.15) is 18.4 Å². The maximum Gasteiger partial charge on any atom is 0.417 e. The second kappa shape index (κ2) is 4.55. The summed E-state index contributed by atoms with van der Waals surface area (Å²) in [6, 6.07) is 5.05. The van der Waals surface area contributed by atoms with Crippen LogP contribution in [0, 0.1) is 23.0 Å². The first-order valence-electron chi connectivity index (χ1n) is 5.23. The molecule has 7 heteroatoms. The summed E-state index contributed by atoms with van der Waals surface area (Å²) in [4.78, 5) is 2.75. The van der Waals surface area contributed by atoms with Crippen LogP contribution in [0.2, 0.25) is 0 Å². The summed E-state index contributed by atoms with van der Waals surface area (Å²) in [6.07, 6.45) is -2.97. The zero-order valence-corrected chi connectivity index (χ0v) is 10.6. The Morgan fingerprint density at radius 1 is 1.37 bits per heavy atom. The van der Waals surface area contributed by atoms with Crippen molar-refractivity contribution in [1.82, 2.24) is 9.55 Å². The molecular weight excluding hydrogens is 275 g/mol. The Hall–Kier alpha value is -2.07. The van der Waals surface area contributed by atoms with Gasteiger partial charge in [-0.15, -0.1) is 0 Å². The van der Waals surface area contributed by atoms with E-state index in [4.69, 9.17) is 17.5 Å². The van der Waals surface area contributed by atoms with Gasteiger partial charge < -0.3 is 4.98 Å². The number of nitrogens with one attached hydrogen (secondary N) is 1. The van der Waals surface area contributed by atoms with E-state index in [9.17, 15) is 13.2 Å². The predicted molar refractivity (Wildman–Crippen MR) is 65.4 cm³/mol. The number of rotatable bonds is 1. The molecule has 1 heterocycles. The van der Waals surface area contributed by atoms with Crippen LogP contribution in [0.5, 0.6) is 0 Å². The molecule has 1 N–H and O–H groups in total. The van der Waals surface area contributed by atoms with Gasteiger partial charge in [0.25, 0.3) is 0 Å². The Morgan fingerprint density at radius 3 is 2.53 bits per heavy atom. The van der Waals surface area contributed by atoms with E-state index in [1.807, 2.05) is 0 Å². The third kappa shape index (κ3) is 2.39. The number of nitrogens with zero attached hydrogens (tertiary/aromatic N) is 2. The molecule has 0 atom stereocenters. The van der Waals surface area contributed by atoms with E-state index in [1.165, 1.54) is 10.6 Å². The number of aryl methyl sites for hydroxylation is 1. The number of H-pyrrole nitrogens is 1. The van der Waals surface area contributed by atoms with Gasteiger partial charge in [0, 0.05) is 17.6 Å². The minimum Gasteiger partial charge on any atom is -0.337 e. The first-order valence-corrected chi connectivity index (χ1v) is 5.64. The topological polar surface area (TPSA) is 44.5 Å². The van der Waals surface area contributed by atoms with E-state index in [0.29, 0.717) is 10.5 Å². The van der Waals surface area contributed by atoms with Crippen molar-refractivity contribution in [2.75, 3.05) is 0 Å². The average molecular weight is 283 g/mol. The zero-order valence-electron chi connectivity index (χ0n) is 9.75. The first-order chi connectivity index (χ1) is 8.84. The number of alkyl halides is 3. The van der Waals surface area contributed by atoms with E-state index in [0.717, 1.165) is 12.1 Å². The number of imidazole rings is 1. The van der Waals surface area contributed by atoms with Gasteiger partial charge in [0.05, 0.1) is 17.2 Å². The lowest BCUT2D eigenvalue weighted by molar-refractivity contribution is -0.137. The van der Waals surface area contributed by atoms with Crippen molar-refractivity contribution >= 4 is 12.2 Å². The average Bonchev–Trinajstić information content (AvgIpc) is 2.67. The van der Waals surface area contributed by atoms with E-state index >= 15 is 0 Å². The van der Waals surface area contributed by atoms with Gasteiger partial charge >= 0.3 is 6.18 Å². The highest BCUT2D eigenvalue weighted by Crippen LogP contribution is 2.33. The van der Waals surface area contributed by atoms with Crippen LogP contribution in [-0.4, -0.2) is 9.55 Å². The largest absolute Gasteiger partial charge is 0.417 e. The summed E-state index contributed by atoms with van der Waals surface area (Å²) in [5, 5.41) is 8.73. The fraction of sp³-hybridized carbons (Fsp3) is 0.167. The standard InChI is InChI=1S/C12H8F3N3S/c1-7-6-17-11(19)18(7)9-3-2-8(5-16)10(4-9)12(13,14)15/h2-4,6H,1H3,(H,17,19). The molecule has 98 valence electrons. The minimum atomic E-state index is -4.58. The Bertz CT molecular complexity index is 719. The lowest BCUT2D eigenvalue weighted by Crippen LogP contribution is -2.09. The number of hydrogen-bond acceptors (Lipinski definition) is 2. The molecule has 0 spiro atoms. The lowest BCUT2D eigenvalue weighted by Gasteiger charge is -2.12. The molecule has 0 fully saturated rings. The quantitative estimate of drug-likeness (QED) is 0.810. The molecule has 1 aromatic carbocycles. The maximum absolute atomic E-state index is 12.9. The smallest absolute Gasteiger partial charge is 0.337 e. The van der Waals surface area contributed by atoms with Crippen molar-refractivity contribution in [3.8, 4) is 11.8 Å². The van der Waals surface area contributed by atoms with Gasteiger partial charge in [-0.05, 0) is 37.3 Å². The number of aromatic amines is 1. The van der Waals surface area contributed by atoms with Gasteiger partial charge in [-0.1, -0.05) is 0 Å². The minimum absolute atomic E-state index is 0.273. The van der Waals surface area contributed by atoms with Crippen LogP contribution in [0.1, 0.15) is 16.8 Å². The Kier molecular flexibility index (Phi) is 3.20. The first kappa shape index (κ1) is 13.4. The molecule has 1 aromatic heterocycles. The summed E-state index contributed by atoms with van der Waals surface area (Å²) in [5.74, 6) is 0.